The minimum absolute atomic E-state index is 0.961. The van der Waals surface area contributed by atoms with Crippen molar-refractivity contribution in [2.24, 2.45) is 0 Å². The second-order valence-electron chi connectivity index (χ2n) is 3.28. The summed E-state index contributed by atoms with van der Waals surface area (Å²) < 4.78 is 0. The Bertz CT molecular complexity index is 269. The van der Waals surface area contributed by atoms with Gasteiger partial charge in [0.15, 0.2) is 0 Å². The van der Waals surface area contributed by atoms with Crippen molar-refractivity contribution in [1.29, 1.82) is 0 Å². The molecule has 0 saturated carbocycles. The van der Waals surface area contributed by atoms with Gasteiger partial charge in [-0.2, -0.15) is 0 Å². The Balaban J connectivity index is 2.53. The van der Waals surface area contributed by atoms with E-state index in [0.717, 1.165) is 16.2 Å². The van der Waals surface area contributed by atoms with Crippen LogP contribution in [0.3, 0.4) is 0 Å². The summed E-state index contributed by atoms with van der Waals surface area (Å²) in [6.45, 7) is 2.22. The van der Waals surface area contributed by atoms with Crippen LogP contribution in [0.1, 0.15) is 31.7 Å². The molecule has 0 bridgehead atoms. The van der Waals surface area contributed by atoms with Crippen molar-refractivity contribution >= 4 is 25.3 Å². The molecule has 1 aromatic carbocycles. The Labute approximate surface area is 91.6 Å². The molecule has 0 radical (unpaired) electrons. The first-order chi connectivity index (χ1) is 6.24. The molecule has 0 aliphatic carbocycles. The Hall–Kier alpha value is -0.0800. The third-order valence-corrected chi connectivity index (χ3v) is 3.05. The number of aryl methyl sites for hydroxylation is 1. The summed E-state index contributed by atoms with van der Waals surface area (Å²) >= 11 is 8.61. The molecule has 0 spiro atoms. The van der Waals surface area contributed by atoms with Crippen molar-refractivity contribution in [2.75, 3.05) is 0 Å². The van der Waals surface area contributed by atoms with Gasteiger partial charge < -0.3 is 0 Å². The summed E-state index contributed by atoms with van der Waals surface area (Å²) in [5, 5.41) is 0. The topological polar surface area (TPSA) is 0 Å². The highest BCUT2D eigenvalue weighted by Gasteiger charge is 1.97. The van der Waals surface area contributed by atoms with Gasteiger partial charge in [-0.15, -0.1) is 25.3 Å². The van der Waals surface area contributed by atoms with E-state index in [9.17, 15) is 0 Å². The summed E-state index contributed by atoms with van der Waals surface area (Å²) in [7, 11) is 0. The van der Waals surface area contributed by atoms with Gasteiger partial charge in [-0.05, 0) is 30.5 Å². The Morgan fingerprint density at radius 1 is 1.08 bits per heavy atom. The lowest BCUT2D eigenvalue weighted by Gasteiger charge is -2.03. The van der Waals surface area contributed by atoms with Gasteiger partial charge in [0.05, 0.1) is 0 Å². The number of hydrogen-bond donors (Lipinski definition) is 2. The van der Waals surface area contributed by atoms with E-state index in [0.29, 0.717) is 0 Å². The van der Waals surface area contributed by atoms with Gasteiger partial charge >= 0.3 is 0 Å². The quantitative estimate of drug-likeness (QED) is 0.547. The highest BCUT2D eigenvalue weighted by Crippen LogP contribution is 2.20. The normalized spacial score (nSPS) is 10.4. The van der Waals surface area contributed by atoms with Crippen LogP contribution < -0.4 is 0 Å². The first-order valence-corrected chi connectivity index (χ1v) is 5.64. The minimum Gasteiger partial charge on any atom is -0.142 e. The maximum Gasteiger partial charge on any atom is 0.0176 e. The van der Waals surface area contributed by atoms with Gasteiger partial charge in [0.2, 0.25) is 0 Å². The molecule has 0 fully saturated rings. The molecule has 1 rings (SSSR count). The van der Waals surface area contributed by atoms with E-state index in [4.69, 9.17) is 0 Å². The van der Waals surface area contributed by atoms with E-state index in [2.05, 4.69) is 44.3 Å². The van der Waals surface area contributed by atoms with E-state index in [1.54, 1.807) is 0 Å². The maximum absolute atomic E-state index is 4.34. The fourth-order valence-electron chi connectivity index (χ4n) is 1.30. The van der Waals surface area contributed by atoms with E-state index in [1.165, 1.54) is 24.8 Å². The number of rotatable bonds is 4. The third-order valence-electron chi connectivity index (χ3n) is 2.11. The fraction of sp³-hybridized carbons (Fsp3) is 0.455. The molecule has 0 atom stereocenters. The zero-order chi connectivity index (χ0) is 9.68. The lowest BCUT2D eigenvalue weighted by molar-refractivity contribution is 0.716. The number of thiol groups is 2. The molecule has 0 amide bonds. The molecule has 1 aromatic rings. The first-order valence-electron chi connectivity index (χ1n) is 4.75. The molecule has 0 aromatic heterocycles. The van der Waals surface area contributed by atoms with Crippen molar-refractivity contribution in [3.05, 3.63) is 23.8 Å². The van der Waals surface area contributed by atoms with Crippen LogP contribution in [-0.4, -0.2) is 0 Å². The maximum atomic E-state index is 4.34. The van der Waals surface area contributed by atoms with Crippen LogP contribution in [-0.2, 0) is 6.42 Å². The predicted octanol–water partition coefficient (Wildman–Crippen LogP) is 4.00. The SMILES string of the molecule is CCCCCc1ccc(S)c(S)c1. The Morgan fingerprint density at radius 2 is 1.85 bits per heavy atom. The van der Waals surface area contributed by atoms with Crippen molar-refractivity contribution in [3.8, 4) is 0 Å². The van der Waals surface area contributed by atoms with E-state index < -0.39 is 0 Å². The zero-order valence-corrected chi connectivity index (χ0v) is 9.74. The van der Waals surface area contributed by atoms with Crippen molar-refractivity contribution in [2.45, 2.75) is 42.4 Å². The van der Waals surface area contributed by atoms with Crippen LogP contribution >= 0.6 is 25.3 Å². The van der Waals surface area contributed by atoms with Crippen LogP contribution in [0.25, 0.3) is 0 Å². The highest BCUT2D eigenvalue weighted by molar-refractivity contribution is 7.83. The zero-order valence-electron chi connectivity index (χ0n) is 7.95. The monoisotopic (exact) mass is 212 g/mol. The van der Waals surface area contributed by atoms with Gasteiger partial charge in [-0.25, -0.2) is 0 Å². The van der Waals surface area contributed by atoms with Crippen LogP contribution in [0.4, 0.5) is 0 Å². The Kier molecular flexibility index (Phi) is 4.74. The highest BCUT2D eigenvalue weighted by atomic mass is 32.1. The molecule has 0 aliphatic heterocycles. The summed E-state index contributed by atoms with van der Waals surface area (Å²) in [4.78, 5) is 1.94. The largest absolute Gasteiger partial charge is 0.142 e. The lowest BCUT2D eigenvalue weighted by Crippen LogP contribution is -1.85. The minimum atomic E-state index is 0.961. The summed E-state index contributed by atoms with van der Waals surface area (Å²) in [5.74, 6) is 0. The standard InChI is InChI=1S/C11H16S2/c1-2-3-4-5-9-6-7-10(12)11(13)8-9/h6-8,12-13H,2-5H2,1H3. The van der Waals surface area contributed by atoms with Crippen molar-refractivity contribution in [1.82, 2.24) is 0 Å². The van der Waals surface area contributed by atoms with Gasteiger partial charge in [0, 0.05) is 9.79 Å². The molecule has 0 saturated heterocycles. The molecule has 0 heterocycles. The molecule has 0 N–H and O–H groups in total. The van der Waals surface area contributed by atoms with Gasteiger partial charge in [-0.3, -0.25) is 0 Å². The van der Waals surface area contributed by atoms with Crippen LogP contribution in [0, 0.1) is 0 Å². The van der Waals surface area contributed by atoms with Gasteiger partial charge in [0.1, 0.15) is 0 Å². The molecule has 0 unspecified atom stereocenters. The van der Waals surface area contributed by atoms with Gasteiger partial charge in [-0.1, -0.05) is 25.8 Å². The van der Waals surface area contributed by atoms with Crippen LogP contribution in [0.5, 0.6) is 0 Å². The summed E-state index contributed by atoms with van der Waals surface area (Å²) in [6, 6.07) is 6.27. The molecule has 13 heavy (non-hydrogen) atoms. The van der Waals surface area contributed by atoms with E-state index in [-0.39, 0.29) is 0 Å². The summed E-state index contributed by atoms with van der Waals surface area (Å²) in [6.07, 6.45) is 5.02. The Morgan fingerprint density at radius 3 is 2.46 bits per heavy atom. The molecular formula is C11H16S2. The molecular weight excluding hydrogens is 196 g/mol. The van der Waals surface area contributed by atoms with Crippen molar-refractivity contribution < 1.29 is 0 Å². The van der Waals surface area contributed by atoms with Crippen molar-refractivity contribution in [3.63, 3.8) is 0 Å². The van der Waals surface area contributed by atoms with E-state index >= 15 is 0 Å². The molecule has 72 valence electrons. The molecule has 0 nitrogen and oxygen atoms in total. The number of unbranched alkanes of at least 4 members (excludes halogenated alkanes) is 2. The van der Waals surface area contributed by atoms with Crippen LogP contribution in [0.2, 0.25) is 0 Å². The summed E-state index contributed by atoms with van der Waals surface area (Å²) in [5.41, 5.74) is 1.37. The average molecular weight is 212 g/mol. The average Bonchev–Trinajstić information content (AvgIpc) is 2.12. The van der Waals surface area contributed by atoms with E-state index in [1.807, 2.05) is 6.07 Å². The molecule has 0 aliphatic rings. The smallest absolute Gasteiger partial charge is 0.0176 e. The fourth-order valence-corrected chi connectivity index (χ4v) is 1.68. The predicted molar refractivity (Wildman–Crippen MR) is 64.2 cm³/mol. The number of benzene rings is 1. The second kappa shape index (κ2) is 5.61. The molecule has 2 heteroatoms. The third kappa shape index (κ3) is 3.65. The van der Waals surface area contributed by atoms with Crippen LogP contribution in [0.15, 0.2) is 28.0 Å². The number of hydrogen-bond acceptors (Lipinski definition) is 2. The second-order valence-corrected chi connectivity index (χ2v) is 4.24. The first kappa shape index (κ1) is 11.0. The van der Waals surface area contributed by atoms with Gasteiger partial charge in [0.25, 0.3) is 0 Å². The lowest BCUT2D eigenvalue weighted by atomic mass is 10.1.